The van der Waals surface area contributed by atoms with Crippen molar-refractivity contribution < 1.29 is 9.84 Å². The largest absolute Gasteiger partial charge is 0.508 e. The number of phenols is 1. The highest BCUT2D eigenvalue weighted by Gasteiger charge is 1.97. The van der Waals surface area contributed by atoms with Gasteiger partial charge >= 0.3 is 0 Å². The van der Waals surface area contributed by atoms with E-state index >= 15 is 0 Å². The third kappa shape index (κ3) is 3.97. The normalized spacial score (nSPS) is 10.3. The van der Waals surface area contributed by atoms with E-state index in [1.54, 1.807) is 18.2 Å². The summed E-state index contributed by atoms with van der Waals surface area (Å²) in [6.07, 6.45) is 1.88. The van der Waals surface area contributed by atoms with Crippen molar-refractivity contribution in [3.05, 3.63) is 59.1 Å². The maximum absolute atomic E-state index is 9.28. The molecule has 2 rings (SSSR count). The van der Waals surface area contributed by atoms with Gasteiger partial charge in [-0.2, -0.15) is 0 Å². The molecule has 18 heavy (non-hydrogen) atoms. The van der Waals surface area contributed by atoms with Gasteiger partial charge in [0.1, 0.15) is 11.5 Å². The highest BCUT2D eigenvalue weighted by atomic mass is 35.5. The molecule has 0 aliphatic heterocycles. The van der Waals surface area contributed by atoms with Crippen LogP contribution in [0.1, 0.15) is 12.0 Å². The molecule has 2 nitrogen and oxygen atoms in total. The van der Waals surface area contributed by atoms with Crippen molar-refractivity contribution in [3.63, 3.8) is 0 Å². The zero-order valence-corrected chi connectivity index (χ0v) is 10.7. The van der Waals surface area contributed by atoms with Gasteiger partial charge in [0.2, 0.25) is 0 Å². The van der Waals surface area contributed by atoms with E-state index in [4.69, 9.17) is 16.3 Å². The molecule has 0 aromatic heterocycles. The predicted molar refractivity (Wildman–Crippen MR) is 73.4 cm³/mol. The van der Waals surface area contributed by atoms with Gasteiger partial charge in [0, 0.05) is 11.1 Å². The van der Waals surface area contributed by atoms with Gasteiger partial charge in [-0.25, -0.2) is 0 Å². The summed E-state index contributed by atoms with van der Waals surface area (Å²) in [6.45, 7) is 0.631. The molecule has 0 saturated carbocycles. The van der Waals surface area contributed by atoms with Crippen LogP contribution < -0.4 is 4.74 Å². The Morgan fingerprint density at radius 2 is 1.83 bits per heavy atom. The van der Waals surface area contributed by atoms with E-state index in [2.05, 4.69) is 0 Å². The first-order chi connectivity index (χ1) is 8.74. The Labute approximate surface area is 112 Å². The molecule has 2 aromatic rings. The van der Waals surface area contributed by atoms with Gasteiger partial charge in [-0.05, 0) is 42.7 Å². The van der Waals surface area contributed by atoms with Crippen molar-refractivity contribution in [1.29, 1.82) is 0 Å². The SMILES string of the molecule is Oc1cccc(OCCCc2ccc(Cl)cc2)c1. The van der Waals surface area contributed by atoms with E-state index in [1.165, 1.54) is 5.56 Å². The summed E-state index contributed by atoms with van der Waals surface area (Å²) in [4.78, 5) is 0. The molecule has 0 atom stereocenters. The van der Waals surface area contributed by atoms with Crippen molar-refractivity contribution in [1.82, 2.24) is 0 Å². The molecular weight excluding hydrogens is 248 g/mol. The minimum absolute atomic E-state index is 0.227. The molecule has 94 valence electrons. The van der Waals surface area contributed by atoms with Crippen LogP contribution in [0.5, 0.6) is 11.5 Å². The van der Waals surface area contributed by atoms with Crippen LogP contribution in [-0.2, 0) is 6.42 Å². The Bertz CT molecular complexity index is 494. The molecule has 0 bridgehead atoms. The first kappa shape index (κ1) is 12.8. The van der Waals surface area contributed by atoms with Crippen LogP contribution in [0.25, 0.3) is 0 Å². The number of aryl methyl sites for hydroxylation is 1. The molecule has 0 unspecified atom stereocenters. The van der Waals surface area contributed by atoms with Gasteiger partial charge in [0.05, 0.1) is 6.61 Å². The second-order valence-electron chi connectivity index (χ2n) is 4.08. The number of hydrogen-bond donors (Lipinski definition) is 1. The van der Waals surface area contributed by atoms with Crippen LogP contribution >= 0.6 is 11.6 Å². The monoisotopic (exact) mass is 262 g/mol. The Balaban J connectivity index is 1.74. The maximum Gasteiger partial charge on any atom is 0.122 e. The molecule has 3 heteroatoms. The lowest BCUT2D eigenvalue weighted by Crippen LogP contribution is -1.99. The molecule has 0 fully saturated rings. The summed E-state index contributed by atoms with van der Waals surface area (Å²) in [7, 11) is 0. The molecular formula is C15H15ClO2. The van der Waals surface area contributed by atoms with Crippen LogP contribution in [0.3, 0.4) is 0 Å². The topological polar surface area (TPSA) is 29.5 Å². The third-order valence-corrected chi connectivity index (χ3v) is 2.86. The van der Waals surface area contributed by atoms with Crippen LogP contribution in [0, 0.1) is 0 Å². The molecule has 0 saturated heterocycles. The van der Waals surface area contributed by atoms with E-state index in [0.29, 0.717) is 12.4 Å². The number of ether oxygens (including phenoxy) is 1. The van der Waals surface area contributed by atoms with Crippen molar-refractivity contribution in [2.75, 3.05) is 6.61 Å². The molecule has 0 heterocycles. The average molecular weight is 263 g/mol. The molecule has 0 aliphatic carbocycles. The lowest BCUT2D eigenvalue weighted by atomic mass is 10.1. The second-order valence-corrected chi connectivity index (χ2v) is 4.51. The van der Waals surface area contributed by atoms with E-state index in [-0.39, 0.29) is 5.75 Å². The Morgan fingerprint density at radius 3 is 2.56 bits per heavy atom. The zero-order valence-electron chi connectivity index (χ0n) is 9.97. The first-order valence-electron chi connectivity index (χ1n) is 5.90. The highest BCUT2D eigenvalue weighted by Crippen LogP contribution is 2.18. The van der Waals surface area contributed by atoms with E-state index in [0.717, 1.165) is 17.9 Å². The van der Waals surface area contributed by atoms with Crippen LogP contribution in [0.2, 0.25) is 5.02 Å². The maximum atomic E-state index is 9.28. The Kier molecular flexibility index (Phi) is 4.48. The van der Waals surface area contributed by atoms with Crippen LogP contribution in [0.4, 0.5) is 0 Å². The molecule has 2 aromatic carbocycles. The first-order valence-corrected chi connectivity index (χ1v) is 6.28. The minimum atomic E-state index is 0.227. The molecule has 0 spiro atoms. The Morgan fingerprint density at radius 1 is 1.06 bits per heavy atom. The van der Waals surface area contributed by atoms with Crippen molar-refractivity contribution in [2.24, 2.45) is 0 Å². The average Bonchev–Trinajstić information content (AvgIpc) is 2.37. The molecule has 1 N–H and O–H groups in total. The fourth-order valence-electron chi connectivity index (χ4n) is 1.69. The summed E-state index contributed by atoms with van der Waals surface area (Å²) in [5.74, 6) is 0.927. The minimum Gasteiger partial charge on any atom is -0.508 e. The van der Waals surface area contributed by atoms with Crippen LogP contribution in [-0.4, -0.2) is 11.7 Å². The van der Waals surface area contributed by atoms with E-state index < -0.39 is 0 Å². The van der Waals surface area contributed by atoms with Gasteiger partial charge in [-0.1, -0.05) is 29.8 Å². The third-order valence-electron chi connectivity index (χ3n) is 2.61. The quantitative estimate of drug-likeness (QED) is 0.824. The summed E-state index contributed by atoms with van der Waals surface area (Å²) in [5.41, 5.74) is 1.25. The van der Waals surface area contributed by atoms with Crippen molar-refractivity contribution in [2.45, 2.75) is 12.8 Å². The van der Waals surface area contributed by atoms with Crippen molar-refractivity contribution in [3.8, 4) is 11.5 Å². The summed E-state index contributed by atoms with van der Waals surface area (Å²) in [5, 5.41) is 10.0. The van der Waals surface area contributed by atoms with Gasteiger partial charge in [0.15, 0.2) is 0 Å². The molecule has 0 radical (unpaired) electrons. The van der Waals surface area contributed by atoms with Gasteiger partial charge in [-0.15, -0.1) is 0 Å². The second kappa shape index (κ2) is 6.31. The van der Waals surface area contributed by atoms with E-state index in [1.807, 2.05) is 30.3 Å². The number of halogens is 1. The standard InChI is InChI=1S/C15H15ClO2/c16-13-8-6-12(7-9-13)3-2-10-18-15-5-1-4-14(17)11-15/h1,4-9,11,17H,2-3,10H2. The number of aromatic hydroxyl groups is 1. The highest BCUT2D eigenvalue weighted by molar-refractivity contribution is 6.30. The summed E-state index contributed by atoms with van der Waals surface area (Å²) < 4.78 is 5.55. The van der Waals surface area contributed by atoms with Crippen molar-refractivity contribution >= 4 is 11.6 Å². The number of rotatable bonds is 5. The van der Waals surface area contributed by atoms with Crippen LogP contribution in [0.15, 0.2) is 48.5 Å². The molecule has 0 aliphatic rings. The Hall–Kier alpha value is -1.67. The van der Waals surface area contributed by atoms with Gasteiger partial charge < -0.3 is 9.84 Å². The van der Waals surface area contributed by atoms with Gasteiger partial charge in [-0.3, -0.25) is 0 Å². The summed E-state index contributed by atoms with van der Waals surface area (Å²) >= 11 is 5.82. The number of phenolic OH excluding ortho intramolecular Hbond substituents is 1. The lowest BCUT2D eigenvalue weighted by molar-refractivity contribution is 0.309. The smallest absolute Gasteiger partial charge is 0.122 e. The number of hydrogen-bond acceptors (Lipinski definition) is 2. The van der Waals surface area contributed by atoms with E-state index in [9.17, 15) is 5.11 Å². The lowest BCUT2D eigenvalue weighted by Gasteiger charge is -2.06. The van der Waals surface area contributed by atoms with Gasteiger partial charge in [0.25, 0.3) is 0 Å². The fraction of sp³-hybridized carbons (Fsp3) is 0.200. The zero-order chi connectivity index (χ0) is 12.8. The predicted octanol–water partition coefficient (Wildman–Crippen LogP) is 4.06. The molecule has 0 amide bonds. The number of benzene rings is 2. The fourth-order valence-corrected chi connectivity index (χ4v) is 1.82. The summed E-state index contributed by atoms with van der Waals surface area (Å²) in [6, 6.07) is 14.7.